The lowest BCUT2D eigenvalue weighted by molar-refractivity contribution is -0.143. The van der Waals surface area contributed by atoms with Gasteiger partial charge in [0.05, 0.1) is 11.1 Å². The van der Waals surface area contributed by atoms with Crippen LogP contribution in [-0.4, -0.2) is 24.8 Å². The Morgan fingerprint density at radius 3 is 1.90 bits per heavy atom. The molecule has 0 aromatic heterocycles. The molecular formula is C20H17F6NO3. The summed E-state index contributed by atoms with van der Waals surface area (Å²) in [6.45, 7) is 1.05. The lowest BCUT2D eigenvalue weighted by Crippen LogP contribution is -2.22. The Balaban J connectivity index is 2.07. The third kappa shape index (κ3) is 6.78. The highest BCUT2D eigenvalue weighted by Crippen LogP contribution is 2.38. The summed E-state index contributed by atoms with van der Waals surface area (Å²) in [6, 6.07) is 6.97. The lowest BCUT2D eigenvalue weighted by atomic mass is 10.1. The molecule has 1 N–H and O–H groups in total. The fourth-order valence-corrected chi connectivity index (χ4v) is 2.48. The molecule has 2 rings (SSSR count). The molecular weight excluding hydrogens is 416 g/mol. The molecule has 0 fully saturated rings. The van der Waals surface area contributed by atoms with Gasteiger partial charge in [-0.05, 0) is 30.2 Å². The summed E-state index contributed by atoms with van der Waals surface area (Å²) < 4.78 is 82.1. The van der Waals surface area contributed by atoms with Gasteiger partial charge in [-0.2, -0.15) is 26.3 Å². The van der Waals surface area contributed by atoms with E-state index in [2.05, 4.69) is 5.32 Å². The van der Waals surface area contributed by atoms with Gasteiger partial charge in [0, 0.05) is 19.0 Å². The minimum absolute atomic E-state index is 0.0195. The predicted molar refractivity (Wildman–Crippen MR) is 95.1 cm³/mol. The average Bonchev–Trinajstić information content (AvgIpc) is 2.65. The van der Waals surface area contributed by atoms with Crippen molar-refractivity contribution in [3.63, 3.8) is 0 Å². The van der Waals surface area contributed by atoms with E-state index in [1.165, 1.54) is 19.1 Å². The van der Waals surface area contributed by atoms with Gasteiger partial charge in [-0.1, -0.05) is 24.3 Å². The van der Waals surface area contributed by atoms with E-state index in [1.807, 2.05) is 0 Å². The summed E-state index contributed by atoms with van der Waals surface area (Å²) in [5.41, 5.74) is -2.04. The number of halogens is 6. The molecule has 0 spiro atoms. The van der Waals surface area contributed by atoms with Crippen molar-refractivity contribution in [1.29, 1.82) is 0 Å². The van der Waals surface area contributed by atoms with Crippen LogP contribution >= 0.6 is 0 Å². The monoisotopic (exact) mass is 433 g/mol. The van der Waals surface area contributed by atoms with E-state index in [1.54, 1.807) is 12.1 Å². The van der Waals surface area contributed by atoms with Crippen LogP contribution in [0.4, 0.5) is 26.3 Å². The number of rotatable bonds is 7. The van der Waals surface area contributed by atoms with Crippen molar-refractivity contribution >= 4 is 11.7 Å². The Hall–Kier alpha value is -3.04. The quantitative estimate of drug-likeness (QED) is 0.510. The minimum atomic E-state index is -5.00. The Labute approximate surface area is 167 Å². The van der Waals surface area contributed by atoms with Crippen LogP contribution in [0.1, 0.15) is 34.0 Å². The summed E-state index contributed by atoms with van der Waals surface area (Å²) >= 11 is 0. The highest BCUT2D eigenvalue weighted by atomic mass is 19.4. The SMILES string of the molecule is CC(=O)NCCc1ccc(C(=O)COc2cc(C(F)(F)F)cc(C(F)(F)F)c2)cc1. The van der Waals surface area contributed by atoms with Crippen LogP contribution < -0.4 is 10.1 Å². The molecule has 10 heteroatoms. The van der Waals surface area contributed by atoms with E-state index in [4.69, 9.17) is 4.74 Å². The number of ketones is 1. The molecule has 0 saturated heterocycles. The molecule has 4 nitrogen and oxygen atoms in total. The first-order valence-electron chi connectivity index (χ1n) is 8.65. The first-order chi connectivity index (χ1) is 13.9. The number of Topliss-reactive ketones (excluding diaryl/α,β-unsaturated/α-hetero) is 1. The second-order valence-corrected chi connectivity index (χ2v) is 6.38. The third-order valence-electron chi connectivity index (χ3n) is 3.99. The van der Waals surface area contributed by atoms with Crippen LogP contribution in [0.2, 0.25) is 0 Å². The molecule has 0 aliphatic rings. The molecule has 0 atom stereocenters. The van der Waals surface area contributed by atoms with Crippen molar-refractivity contribution in [3.8, 4) is 5.75 Å². The normalized spacial score (nSPS) is 11.8. The van der Waals surface area contributed by atoms with Crippen molar-refractivity contribution in [3.05, 3.63) is 64.7 Å². The molecule has 30 heavy (non-hydrogen) atoms. The third-order valence-corrected chi connectivity index (χ3v) is 3.99. The number of nitrogens with one attached hydrogen (secondary N) is 1. The van der Waals surface area contributed by atoms with Gasteiger partial charge in [-0.15, -0.1) is 0 Å². The van der Waals surface area contributed by atoms with E-state index in [-0.39, 0.29) is 17.5 Å². The second-order valence-electron chi connectivity index (χ2n) is 6.38. The number of benzene rings is 2. The van der Waals surface area contributed by atoms with Crippen LogP contribution in [-0.2, 0) is 23.6 Å². The van der Waals surface area contributed by atoms with Gasteiger partial charge in [0.2, 0.25) is 5.91 Å². The number of hydrogen-bond donors (Lipinski definition) is 1. The summed E-state index contributed by atoms with van der Waals surface area (Å²) in [5, 5.41) is 2.61. The van der Waals surface area contributed by atoms with Gasteiger partial charge in [0.15, 0.2) is 12.4 Å². The van der Waals surface area contributed by atoms with E-state index in [0.29, 0.717) is 25.1 Å². The zero-order valence-electron chi connectivity index (χ0n) is 15.7. The van der Waals surface area contributed by atoms with Crippen LogP contribution in [0.5, 0.6) is 5.75 Å². The van der Waals surface area contributed by atoms with Gasteiger partial charge in [-0.3, -0.25) is 9.59 Å². The Kier molecular flexibility index (Phi) is 7.12. The molecule has 162 valence electrons. The molecule has 0 aliphatic carbocycles. The average molecular weight is 433 g/mol. The molecule has 0 saturated carbocycles. The van der Waals surface area contributed by atoms with Crippen molar-refractivity contribution in [2.75, 3.05) is 13.2 Å². The maximum absolute atomic E-state index is 12.9. The van der Waals surface area contributed by atoms with Gasteiger partial charge in [-0.25, -0.2) is 0 Å². The van der Waals surface area contributed by atoms with E-state index >= 15 is 0 Å². The number of hydrogen-bond acceptors (Lipinski definition) is 3. The van der Waals surface area contributed by atoms with Gasteiger partial charge in [0.1, 0.15) is 5.75 Å². The first-order valence-corrected chi connectivity index (χ1v) is 8.65. The number of ether oxygens (including phenoxy) is 1. The highest BCUT2D eigenvalue weighted by Gasteiger charge is 2.37. The zero-order chi connectivity index (χ0) is 22.5. The van der Waals surface area contributed by atoms with Crippen molar-refractivity contribution in [1.82, 2.24) is 5.32 Å². The fraction of sp³-hybridized carbons (Fsp3) is 0.300. The maximum atomic E-state index is 12.9. The number of alkyl halides is 6. The Bertz CT molecular complexity index is 872. The largest absolute Gasteiger partial charge is 0.485 e. The Morgan fingerprint density at radius 1 is 0.900 bits per heavy atom. The van der Waals surface area contributed by atoms with E-state index in [0.717, 1.165) is 5.56 Å². The molecule has 0 bridgehead atoms. The molecule has 1 amide bonds. The van der Waals surface area contributed by atoms with Gasteiger partial charge < -0.3 is 10.1 Å². The smallest absolute Gasteiger partial charge is 0.416 e. The van der Waals surface area contributed by atoms with E-state index < -0.39 is 41.6 Å². The summed E-state index contributed by atoms with van der Waals surface area (Å²) in [4.78, 5) is 23.0. The van der Waals surface area contributed by atoms with Crippen LogP contribution in [0.3, 0.4) is 0 Å². The first kappa shape index (κ1) is 23.2. The zero-order valence-corrected chi connectivity index (χ0v) is 15.7. The van der Waals surface area contributed by atoms with Crippen molar-refractivity contribution < 1.29 is 40.7 Å². The summed E-state index contributed by atoms with van der Waals surface area (Å²) in [5.74, 6) is -1.51. The number of carbonyl (C=O) groups is 2. The number of amides is 1. The topological polar surface area (TPSA) is 55.4 Å². The second kappa shape index (κ2) is 9.19. The standard InChI is InChI=1S/C20H17F6NO3/c1-12(28)27-7-6-13-2-4-14(5-3-13)18(29)11-30-17-9-15(19(21,22)23)8-16(10-17)20(24,25)26/h2-5,8-10H,6-7,11H2,1H3,(H,27,28). The highest BCUT2D eigenvalue weighted by molar-refractivity contribution is 5.97. The molecule has 2 aromatic rings. The van der Waals surface area contributed by atoms with Gasteiger partial charge >= 0.3 is 12.4 Å². The maximum Gasteiger partial charge on any atom is 0.416 e. The van der Waals surface area contributed by atoms with Crippen LogP contribution in [0.25, 0.3) is 0 Å². The van der Waals surface area contributed by atoms with Crippen LogP contribution in [0.15, 0.2) is 42.5 Å². The minimum Gasteiger partial charge on any atom is -0.485 e. The van der Waals surface area contributed by atoms with E-state index in [9.17, 15) is 35.9 Å². The molecule has 0 aliphatic heterocycles. The molecule has 0 radical (unpaired) electrons. The summed E-state index contributed by atoms with van der Waals surface area (Å²) in [7, 11) is 0. The molecule has 2 aromatic carbocycles. The predicted octanol–water partition coefficient (Wildman–Crippen LogP) is 4.66. The van der Waals surface area contributed by atoms with Crippen molar-refractivity contribution in [2.45, 2.75) is 25.7 Å². The van der Waals surface area contributed by atoms with Crippen LogP contribution in [0, 0.1) is 0 Å². The Morgan fingerprint density at radius 2 is 1.43 bits per heavy atom. The lowest BCUT2D eigenvalue weighted by Gasteiger charge is -2.14. The van der Waals surface area contributed by atoms with Crippen molar-refractivity contribution in [2.24, 2.45) is 0 Å². The van der Waals surface area contributed by atoms with Gasteiger partial charge in [0.25, 0.3) is 0 Å². The molecule has 0 heterocycles. The molecule has 0 unspecified atom stereocenters. The fourth-order valence-electron chi connectivity index (χ4n) is 2.48. The summed E-state index contributed by atoms with van der Waals surface area (Å²) in [6.07, 6.45) is -9.48. The number of carbonyl (C=O) groups excluding carboxylic acids is 2.